The number of esters is 1. The molecule has 0 atom stereocenters. The molecule has 1 aliphatic rings. The smallest absolute Gasteiger partial charge is 0.363 e. The van der Waals surface area contributed by atoms with Crippen LogP contribution in [0.4, 0.5) is 8.78 Å². The van der Waals surface area contributed by atoms with Gasteiger partial charge in [0.05, 0.1) is 10.6 Å². The second-order valence-corrected chi connectivity index (χ2v) is 5.97. The van der Waals surface area contributed by atoms with Crippen LogP contribution in [0.5, 0.6) is 0 Å². The Morgan fingerprint density at radius 1 is 1.19 bits per heavy atom. The lowest BCUT2D eigenvalue weighted by atomic mass is 10.1. The Balaban J connectivity index is 1.96. The van der Waals surface area contributed by atoms with Crippen molar-refractivity contribution in [3.05, 3.63) is 87.6 Å². The first-order valence-corrected chi connectivity index (χ1v) is 8.29. The van der Waals surface area contributed by atoms with Gasteiger partial charge in [-0.3, -0.25) is 0 Å². The first-order chi connectivity index (χ1) is 12.5. The molecule has 0 bridgehead atoms. The number of hydrogen-bond donors (Lipinski definition) is 0. The molecule has 0 aromatic heterocycles. The fraction of sp³-hybridized carbons (Fsp3) is 0.100. The Kier molecular flexibility index (Phi) is 5.28. The third kappa shape index (κ3) is 3.89. The van der Waals surface area contributed by atoms with E-state index in [1.54, 1.807) is 6.08 Å². The maximum Gasteiger partial charge on any atom is 0.363 e. The molecule has 2 aromatic rings. The van der Waals surface area contributed by atoms with Crippen LogP contribution in [0.2, 0.25) is 5.02 Å². The average Bonchev–Trinajstić information content (AvgIpc) is 2.98. The molecule has 3 rings (SSSR count). The van der Waals surface area contributed by atoms with Crippen LogP contribution in [0.3, 0.4) is 0 Å². The highest BCUT2D eigenvalue weighted by atomic mass is 35.5. The van der Waals surface area contributed by atoms with Crippen molar-refractivity contribution in [2.24, 2.45) is 4.99 Å². The molecule has 1 heterocycles. The molecule has 1 aliphatic heterocycles. The van der Waals surface area contributed by atoms with Gasteiger partial charge in [-0.15, -0.1) is 0 Å². The van der Waals surface area contributed by atoms with E-state index in [0.717, 1.165) is 23.3 Å². The summed E-state index contributed by atoms with van der Waals surface area (Å²) in [4.78, 5) is 16.2. The van der Waals surface area contributed by atoms with E-state index >= 15 is 0 Å². The van der Waals surface area contributed by atoms with Crippen molar-refractivity contribution in [3.63, 3.8) is 0 Å². The number of benzene rings is 2. The minimum atomic E-state index is -1.10. The van der Waals surface area contributed by atoms with Crippen LogP contribution in [0.25, 0.3) is 6.08 Å². The lowest BCUT2D eigenvalue weighted by molar-refractivity contribution is -0.130. The van der Waals surface area contributed by atoms with E-state index in [0.29, 0.717) is 6.42 Å². The number of carbonyl (C=O) groups is 1. The summed E-state index contributed by atoms with van der Waals surface area (Å²) in [5.41, 5.74) is 1.95. The van der Waals surface area contributed by atoms with Gasteiger partial charge >= 0.3 is 5.97 Å². The molecule has 3 nitrogen and oxygen atoms in total. The van der Waals surface area contributed by atoms with Crippen LogP contribution in [0, 0.1) is 11.6 Å². The minimum absolute atomic E-state index is 0.0207. The monoisotopic (exact) mass is 373 g/mol. The zero-order valence-corrected chi connectivity index (χ0v) is 14.6. The molecule has 132 valence electrons. The third-order valence-electron chi connectivity index (χ3n) is 3.74. The molecule has 0 saturated heterocycles. The van der Waals surface area contributed by atoms with Crippen LogP contribution < -0.4 is 0 Å². The predicted octanol–water partition coefficient (Wildman–Crippen LogP) is 5.30. The topological polar surface area (TPSA) is 38.7 Å². The molecule has 0 unspecified atom stereocenters. The molecule has 0 amide bonds. The predicted molar refractivity (Wildman–Crippen MR) is 96.8 cm³/mol. The highest BCUT2D eigenvalue weighted by Crippen LogP contribution is 2.26. The number of ether oxygens (including phenoxy) is 1. The lowest BCUT2D eigenvalue weighted by Gasteiger charge is -2.03. The van der Waals surface area contributed by atoms with Crippen molar-refractivity contribution in [1.82, 2.24) is 0 Å². The number of cyclic esters (lactones) is 1. The van der Waals surface area contributed by atoms with Gasteiger partial charge in [0.15, 0.2) is 17.3 Å². The molecular weight excluding hydrogens is 360 g/mol. The van der Waals surface area contributed by atoms with Crippen molar-refractivity contribution in [2.75, 3.05) is 0 Å². The van der Waals surface area contributed by atoms with E-state index in [1.807, 2.05) is 43.3 Å². The summed E-state index contributed by atoms with van der Waals surface area (Å²) in [7, 11) is 0. The van der Waals surface area contributed by atoms with Gasteiger partial charge in [-0.05, 0) is 35.8 Å². The van der Waals surface area contributed by atoms with Crippen molar-refractivity contribution in [1.29, 1.82) is 0 Å². The van der Waals surface area contributed by atoms with Crippen molar-refractivity contribution < 1.29 is 18.3 Å². The van der Waals surface area contributed by atoms with Gasteiger partial charge in [-0.25, -0.2) is 18.6 Å². The van der Waals surface area contributed by atoms with Crippen LogP contribution in [-0.4, -0.2) is 11.9 Å². The molecule has 0 saturated carbocycles. The highest BCUT2D eigenvalue weighted by Gasteiger charge is 2.26. The van der Waals surface area contributed by atoms with Crippen LogP contribution in [0.1, 0.15) is 24.5 Å². The molecule has 0 spiro atoms. The Morgan fingerprint density at radius 2 is 1.88 bits per heavy atom. The fourth-order valence-corrected chi connectivity index (χ4v) is 2.63. The number of halogens is 3. The molecular formula is C20H14ClF2NO2. The summed E-state index contributed by atoms with van der Waals surface area (Å²) < 4.78 is 31.7. The van der Waals surface area contributed by atoms with Crippen LogP contribution >= 0.6 is 11.6 Å². The Bertz CT molecular complexity index is 950. The summed E-state index contributed by atoms with van der Waals surface area (Å²) in [5, 5.41) is -0.0905. The number of hydrogen-bond acceptors (Lipinski definition) is 3. The number of carbonyl (C=O) groups excluding carboxylic acids is 1. The molecule has 0 N–H and O–H groups in total. The molecule has 26 heavy (non-hydrogen) atoms. The normalized spacial score (nSPS) is 16.0. The maximum atomic E-state index is 13.5. The molecule has 2 aromatic carbocycles. The van der Waals surface area contributed by atoms with Gasteiger partial charge in [-0.1, -0.05) is 54.9 Å². The molecule has 0 aliphatic carbocycles. The van der Waals surface area contributed by atoms with E-state index in [9.17, 15) is 13.6 Å². The molecule has 0 radical (unpaired) electrons. The van der Waals surface area contributed by atoms with Crippen molar-refractivity contribution in [2.45, 2.75) is 13.3 Å². The number of aliphatic imine (C=N–C) groups is 1. The van der Waals surface area contributed by atoms with Gasteiger partial charge in [0.2, 0.25) is 5.90 Å². The summed E-state index contributed by atoms with van der Waals surface area (Å²) in [6.45, 7) is 1.95. The second kappa shape index (κ2) is 7.62. The number of rotatable bonds is 4. The van der Waals surface area contributed by atoms with Gasteiger partial charge in [-0.2, -0.15) is 0 Å². The second-order valence-electron chi connectivity index (χ2n) is 5.57. The SMILES string of the molecule is CCC(=C\c1ccccc1)/C=C1/N=C(c2cc(F)c(F)cc2Cl)OC1=O. The third-order valence-corrected chi connectivity index (χ3v) is 4.06. The fourth-order valence-electron chi connectivity index (χ4n) is 2.40. The summed E-state index contributed by atoms with van der Waals surface area (Å²) in [6.07, 6.45) is 4.21. The molecule has 6 heteroatoms. The van der Waals surface area contributed by atoms with E-state index in [2.05, 4.69) is 4.99 Å². The highest BCUT2D eigenvalue weighted by molar-refractivity contribution is 6.34. The standard InChI is InChI=1S/C20H14ClF2NO2/c1-2-12(8-13-6-4-3-5-7-13)9-18-20(25)26-19(24-18)14-10-16(22)17(23)11-15(14)21/h3-11H,2H2,1H3/b12-8+,18-9+. The quantitative estimate of drug-likeness (QED) is 0.414. The first kappa shape index (κ1) is 18.0. The van der Waals surface area contributed by atoms with Crippen molar-refractivity contribution >= 4 is 29.5 Å². The van der Waals surface area contributed by atoms with E-state index in [4.69, 9.17) is 16.3 Å². The summed E-state index contributed by atoms with van der Waals surface area (Å²) >= 11 is 5.91. The maximum absolute atomic E-state index is 13.5. The van der Waals surface area contributed by atoms with Crippen LogP contribution in [-0.2, 0) is 9.53 Å². The first-order valence-electron chi connectivity index (χ1n) is 7.91. The van der Waals surface area contributed by atoms with Gasteiger partial charge in [0, 0.05) is 0 Å². The number of allylic oxidation sites excluding steroid dienone is 2. The lowest BCUT2D eigenvalue weighted by Crippen LogP contribution is -2.07. The van der Waals surface area contributed by atoms with Crippen LogP contribution in [0.15, 0.2) is 64.8 Å². The zero-order chi connectivity index (χ0) is 18.7. The van der Waals surface area contributed by atoms with Gasteiger partial charge < -0.3 is 4.74 Å². The number of nitrogens with zero attached hydrogens (tertiary/aromatic N) is 1. The van der Waals surface area contributed by atoms with Gasteiger partial charge in [0.25, 0.3) is 0 Å². The summed E-state index contributed by atoms with van der Waals surface area (Å²) in [6, 6.07) is 11.3. The zero-order valence-electron chi connectivity index (χ0n) is 13.8. The Hall–Kier alpha value is -2.79. The van der Waals surface area contributed by atoms with Crippen molar-refractivity contribution in [3.8, 4) is 0 Å². The summed E-state index contributed by atoms with van der Waals surface area (Å²) in [5.74, 6) is -3.01. The van der Waals surface area contributed by atoms with E-state index < -0.39 is 17.6 Å². The molecule has 0 fully saturated rings. The largest absolute Gasteiger partial charge is 0.402 e. The average molecular weight is 374 g/mol. The minimum Gasteiger partial charge on any atom is -0.402 e. The Morgan fingerprint density at radius 3 is 2.58 bits per heavy atom. The van der Waals surface area contributed by atoms with E-state index in [1.165, 1.54) is 0 Å². The van der Waals surface area contributed by atoms with Gasteiger partial charge in [0.1, 0.15) is 0 Å². The van der Waals surface area contributed by atoms with E-state index in [-0.39, 0.29) is 22.2 Å². The Labute approximate surface area is 154 Å².